The van der Waals surface area contributed by atoms with E-state index in [2.05, 4.69) is 4.98 Å². The van der Waals surface area contributed by atoms with Gasteiger partial charge in [0.2, 0.25) is 5.89 Å². The van der Waals surface area contributed by atoms with Gasteiger partial charge in [0.1, 0.15) is 11.5 Å². The highest BCUT2D eigenvalue weighted by molar-refractivity contribution is 7.85. The molecule has 114 valence electrons. The van der Waals surface area contributed by atoms with E-state index in [4.69, 9.17) is 13.3 Å². The molecular weight excluding hydrogens is 294 g/mol. The van der Waals surface area contributed by atoms with Crippen LogP contribution in [0.25, 0.3) is 11.5 Å². The smallest absolute Gasteiger partial charge is 0.264 e. The largest absolute Gasteiger partial charge is 0.497 e. The molecule has 0 aliphatic carbocycles. The molecule has 0 radical (unpaired) electrons. The lowest BCUT2D eigenvalue weighted by atomic mass is 10.2. The van der Waals surface area contributed by atoms with E-state index in [0.717, 1.165) is 17.6 Å². The number of nitrogens with zero attached hydrogens (tertiary/aromatic N) is 1. The number of aryl methyl sites for hydroxylation is 1. The molecule has 0 saturated carbocycles. The van der Waals surface area contributed by atoms with Crippen LogP contribution in [0.3, 0.4) is 0 Å². The second-order valence-corrected chi connectivity index (χ2v) is 6.17. The summed E-state index contributed by atoms with van der Waals surface area (Å²) in [4.78, 5) is 4.37. The van der Waals surface area contributed by atoms with Crippen LogP contribution in [0.15, 0.2) is 28.7 Å². The zero-order valence-electron chi connectivity index (χ0n) is 12.1. The van der Waals surface area contributed by atoms with Gasteiger partial charge < -0.3 is 9.15 Å². The third-order valence-electron chi connectivity index (χ3n) is 2.87. The van der Waals surface area contributed by atoms with E-state index in [1.54, 1.807) is 14.0 Å². The Kier molecular flexibility index (Phi) is 4.64. The average Bonchev–Trinajstić information content (AvgIpc) is 2.79. The molecular formula is C14H17NO5S. The summed E-state index contributed by atoms with van der Waals surface area (Å²) in [5.41, 5.74) is 1.51. The first-order valence-electron chi connectivity index (χ1n) is 6.34. The minimum Gasteiger partial charge on any atom is -0.497 e. The fourth-order valence-corrected chi connectivity index (χ4v) is 2.19. The van der Waals surface area contributed by atoms with Crippen LogP contribution < -0.4 is 4.74 Å². The molecule has 0 amide bonds. The van der Waals surface area contributed by atoms with Gasteiger partial charge >= 0.3 is 0 Å². The molecule has 21 heavy (non-hydrogen) atoms. The van der Waals surface area contributed by atoms with Crippen molar-refractivity contribution in [3.8, 4) is 17.2 Å². The molecule has 0 saturated heterocycles. The molecule has 6 nitrogen and oxygen atoms in total. The minimum atomic E-state index is -3.43. The predicted octanol–water partition coefficient (Wildman–Crippen LogP) is 2.18. The maximum Gasteiger partial charge on any atom is 0.264 e. The number of hydrogen-bond donors (Lipinski definition) is 0. The van der Waals surface area contributed by atoms with Gasteiger partial charge in [-0.05, 0) is 31.2 Å². The highest BCUT2D eigenvalue weighted by atomic mass is 32.2. The van der Waals surface area contributed by atoms with Crippen LogP contribution in [0.2, 0.25) is 0 Å². The molecule has 0 N–H and O–H groups in total. The highest BCUT2D eigenvalue weighted by Gasteiger charge is 2.12. The van der Waals surface area contributed by atoms with E-state index in [9.17, 15) is 8.42 Å². The topological polar surface area (TPSA) is 78.6 Å². The van der Waals surface area contributed by atoms with Gasteiger partial charge in [-0.25, -0.2) is 4.98 Å². The van der Waals surface area contributed by atoms with E-state index in [1.165, 1.54) is 0 Å². The van der Waals surface area contributed by atoms with Gasteiger partial charge in [-0.1, -0.05) is 0 Å². The highest BCUT2D eigenvalue weighted by Crippen LogP contribution is 2.24. The molecule has 1 aromatic heterocycles. The quantitative estimate of drug-likeness (QED) is 0.761. The number of aromatic nitrogens is 1. The van der Waals surface area contributed by atoms with Crippen molar-refractivity contribution in [1.82, 2.24) is 4.98 Å². The van der Waals surface area contributed by atoms with E-state index in [0.29, 0.717) is 23.8 Å². The van der Waals surface area contributed by atoms with Crippen molar-refractivity contribution in [2.45, 2.75) is 13.3 Å². The van der Waals surface area contributed by atoms with Gasteiger partial charge in [-0.15, -0.1) is 0 Å². The number of benzene rings is 1. The summed E-state index contributed by atoms with van der Waals surface area (Å²) >= 11 is 0. The Hall–Kier alpha value is -1.86. The lowest BCUT2D eigenvalue weighted by Gasteiger charge is -1.99. The summed E-state index contributed by atoms with van der Waals surface area (Å²) in [6.07, 6.45) is 1.39. The summed E-state index contributed by atoms with van der Waals surface area (Å²) in [7, 11) is -1.83. The zero-order chi connectivity index (χ0) is 15.5. The van der Waals surface area contributed by atoms with Crippen molar-refractivity contribution < 1.29 is 21.8 Å². The zero-order valence-corrected chi connectivity index (χ0v) is 12.9. The Morgan fingerprint density at radius 2 is 1.90 bits per heavy atom. The second kappa shape index (κ2) is 6.28. The summed E-state index contributed by atoms with van der Waals surface area (Å²) in [5, 5.41) is 0. The molecule has 2 rings (SSSR count). The molecule has 2 aromatic rings. The SMILES string of the molecule is COc1ccc(-c2nc(CCOS(C)(=O)=O)c(C)o2)cc1. The molecule has 0 aliphatic heterocycles. The van der Waals surface area contributed by atoms with Gasteiger partial charge in [-0.2, -0.15) is 8.42 Å². The predicted molar refractivity (Wildman–Crippen MR) is 77.7 cm³/mol. The Bertz CT molecular complexity index is 703. The summed E-state index contributed by atoms with van der Waals surface area (Å²) < 4.78 is 37.2. The van der Waals surface area contributed by atoms with Gasteiger partial charge in [0.05, 0.1) is 25.7 Å². The maximum absolute atomic E-state index is 10.9. The number of ether oxygens (including phenoxy) is 1. The Labute approximate surface area is 123 Å². The van der Waals surface area contributed by atoms with Crippen LogP contribution in [0.4, 0.5) is 0 Å². The lowest BCUT2D eigenvalue weighted by Crippen LogP contribution is -2.06. The minimum absolute atomic E-state index is 0.0499. The van der Waals surface area contributed by atoms with Crippen molar-refractivity contribution in [1.29, 1.82) is 0 Å². The summed E-state index contributed by atoms with van der Waals surface area (Å²) in [6.45, 7) is 1.84. The van der Waals surface area contributed by atoms with E-state index >= 15 is 0 Å². The molecule has 7 heteroatoms. The first kappa shape index (κ1) is 15.5. The molecule has 0 bridgehead atoms. The number of hydrogen-bond acceptors (Lipinski definition) is 6. The molecule has 0 spiro atoms. The van der Waals surface area contributed by atoms with Crippen LogP contribution in [0, 0.1) is 6.92 Å². The van der Waals surface area contributed by atoms with Crippen LogP contribution in [-0.4, -0.2) is 33.4 Å². The van der Waals surface area contributed by atoms with E-state index < -0.39 is 10.1 Å². The molecule has 1 aromatic carbocycles. The van der Waals surface area contributed by atoms with Crippen molar-refractivity contribution in [3.05, 3.63) is 35.7 Å². The van der Waals surface area contributed by atoms with Crippen LogP contribution >= 0.6 is 0 Å². The molecule has 0 atom stereocenters. The number of rotatable bonds is 6. The summed E-state index contributed by atoms with van der Waals surface area (Å²) in [5.74, 6) is 1.89. The normalized spacial score (nSPS) is 11.6. The van der Waals surface area contributed by atoms with Crippen molar-refractivity contribution in [2.24, 2.45) is 0 Å². The van der Waals surface area contributed by atoms with Gasteiger partial charge in [0.15, 0.2) is 0 Å². The van der Waals surface area contributed by atoms with Gasteiger partial charge in [0.25, 0.3) is 10.1 Å². The fraction of sp³-hybridized carbons (Fsp3) is 0.357. The van der Waals surface area contributed by atoms with Crippen LogP contribution in [0.5, 0.6) is 5.75 Å². The molecule has 0 unspecified atom stereocenters. The average molecular weight is 311 g/mol. The Morgan fingerprint density at radius 3 is 2.48 bits per heavy atom. The Balaban J connectivity index is 2.10. The first-order valence-corrected chi connectivity index (χ1v) is 8.16. The van der Waals surface area contributed by atoms with Gasteiger partial charge in [0, 0.05) is 12.0 Å². The molecule has 1 heterocycles. The third-order valence-corrected chi connectivity index (χ3v) is 3.46. The Morgan fingerprint density at radius 1 is 1.24 bits per heavy atom. The third kappa shape index (κ3) is 4.30. The van der Waals surface area contributed by atoms with Gasteiger partial charge in [-0.3, -0.25) is 4.18 Å². The molecule has 0 fully saturated rings. The lowest BCUT2D eigenvalue weighted by molar-refractivity contribution is 0.324. The summed E-state index contributed by atoms with van der Waals surface area (Å²) in [6, 6.07) is 7.34. The molecule has 0 aliphatic rings. The maximum atomic E-state index is 10.9. The number of methoxy groups -OCH3 is 1. The first-order chi connectivity index (χ1) is 9.89. The fourth-order valence-electron chi connectivity index (χ4n) is 1.81. The number of oxazole rings is 1. The van der Waals surface area contributed by atoms with Crippen molar-refractivity contribution in [2.75, 3.05) is 20.0 Å². The van der Waals surface area contributed by atoms with E-state index in [1.807, 2.05) is 24.3 Å². The van der Waals surface area contributed by atoms with E-state index in [-0.39, 0.29) is 6.61 Å². The second-order valence-electron chi connectivity index (χ2n) is 4.53. The van der Waals surface area contributed by atoms with Crippen molar-refractivity contribution >= 4 is 10.1 Å². The standard InChI is InChI=1S/C14H17NO5S/c1-10-13(8-9-19-21(3,16)17)15-14(20-10)11-4-6-12(18-2)7-5-11/h4-7H,8-9H2,1-3H3. The van der Waals surface area contributed by atoms with Crippen LogP contribution in [-0.2, 0) is 20.7 Å². The van der Waals surface area contributed by atoms with Crippen molar-refractivity contribution in [3.63, 3.8) is 0 Å². The monoisotopic (exact) mass is 311 g/mol. The van der Waals surface area contributed by atoms with Crippen LogP contribution in [0.1, 0.15) is 11.5 Å².